The highest BCUT2D eigenvalue weighted by atomic mass is 35.5. The molecule has 0 aliphatic carbocycles. The van der Waals surface area contributed by atoms with Crippen LogP contribution >= 0.6 is 11.6 Å². The van der Waals surface area contributed by atoms with Gasteiger partial charge in [-0.1, -0.05) is 32.3 Å². The highest BCUT2D eigenvalue weighted by Crippen LogP contribution is 2.38. The van der Waals surface area contributed by atoms with Crippen molar-refractivity contribution in [3.05, 3.63) is 40.8 Å². The third-order valence-corrected chi connectivity index (χ3v) is 5.76. The highest BCUT2D eigenvalue weighted by molar-refractivity contribution is 7.89. The molecule has 0 saturated carbocycles. The predicted molar refractivity (Wildman–Crippen MR) is 128 cm³/mol. The lowest BCUT2D eigenvalue weighted by Crippen LogP contribution is -2.33. The Morgan fingerprint density at radius 3 is 2.52 bits per heavy atom. The van der Waals surface area contributed by atoms with Crippen molar-refractivity contribution >= 4 is 58.4 Å². The second-order valence-corrected chi connectivity index (χ2v) is 10.4. The Balaban J connectivity index is 2.05. The molecule has 0 spiro atoms. The van der Waals surface area contributed by atoms with Crippen LogP contribution in [-0.4, -0.2) is 57.9 Å². The summed E-state index contributed by atoms with van der Waals surface area (Å²) in [6.45, 7) is 5.70. The van der Waals surface area contributed by atoms with Crippen LogP contribution in [0.1, 0.15) is 42.9 Å². The van der Waals surface area contributed by atoms with Crippen LogP contribution in [0.4, 0.5) is 5.69 Å². The molecule has 1 amide bonds. The summed E-state index contributed by atoms with van der Waals surface area (Å²) in [4.78, 5) is 18.2. The Morgan fingerprint density at radius 2 is 1.97 bits per heavy atom. The van der Waals surface area contributed by atoms with Gasteiger partial charge >= 0.3 is 10.2 Å². The van der Waals surface area contributed by atoms with Gasteiger partial charge in [0, 0.05) is 14.1 Å². The summed E-state index contributed by atoms with van der Waals surface area (Å²) < 4.78 is 35.8. The fraction of sp³-hybridized carbons (Fsp3) is 0.350. The van der Waals surface area contributed by atoms with Gasteiger partial charge in [0.15, 0.2) is 22.6 Å². The number of nitrogens with zero attached hydrogens (tertiary/aromatic N) is 3. The zero-order valence-electron chi connectivity index (χ0n) is 18.7. The summed E-state index contributed by atoms with van der Waals surface area (Å²) in [5.74, 6) is -0.821. The Kier molecular flexibility index (Phi) is 6.54. The fourth-order valence-corrected chi connectivity index (χ4v) is 4.06. The van der Waals surface area contributed by atoms with Crippen LogP contribution in [0, 0.1) is 5.41 Å². The van der Waals surface area contributed by atoms with Gasteiger partial charge in [-0.15, -0.1) is 4.40 Å². The van der Waals surface area contributed by atoms with Crippen LogP contribution in [0.5, 0.6) is 5.75 Å². The van der Waals surface area contributed by atoms with E-state index in [2.05, 4.69) is 19.4 Å². The third kappa shape index (κ3) is 5.33. The van der Waals surface area contributed by atoms with E-state index in [1.165, 1.54) is 31.1 Å². The molecule has 1 aromatic heterocycles. The Bertz CT molecular complexity index is 1260. The van der Waals surface area contributed by atoms with Gasteiger partial charge in [0.25, 0.3) is 5.91 Å². The van der Waals surface area contributed by atoms with Crippen LogP contribution < -0.4 is 15.5 Å². The molecule has 2 radical (unpaired) electrons. The number of phenols is 1. The van der Waals surface area contributed by atoms with E-state index in [4.69, 9.17) is 23.9 Å². The monoisotopic (exact) mass is 491 g/mol. The number of rotatable bonds is 4. The number of hydrogen-bond acceptors (Lipinski definition) is 7. The van der Waals surface area contributed by atoms with Crippen LogP contribution in [0.15, 0.2) is 38.1 Å². The summed E-state index contributed by atoms with van der Waals surface area (Å²) in [5, 5.41) is 13.6. The second-order valence-electron chi connectivity index (χ2n) is 8.66. The van der Waals surface area contributed by atoms with E-state index in [0.717, 1.165) is 0 Å². The molecule has 0 fully saturated rings. The number of nitrogens with one attached hydrogen (secondary N) is 2. The van der Waals surface area contributed by atoms with Gasteiger partial charge in [0.05, 0.1) is 11.3 Å². The normalized spacial score (nSPS) is 17.4. The van der Waals surface area contributed by atoms with Gasteiger partial charge < -0.3 is 19.7 Å². The summed E-state index contributed by atoms with van der Waals surface area (Å²) in [5.41, 5.74) is -0.529. The molecule has 2 heterocycles. The number of anilines is 1. The van der Waals surface area contributed by atoms with E-state index in [0.29, 0.717) is 5.76 Å². The summed E-state index contributed by atoms with van der Waals surface area (Å²) in [6.07, 6.45) is 0. The number of amidine groups is 2. The van der Waals surface area contributed by atoms with Crippen molar-refractivity contribution in [1.82, 2.24) is 9.62 Å². The minimum Gasteiger partial charge on any atom is -0.505 e. The molecular weight excluding hydrogens is 469 g/mol. The maximum atomic E-state index is 12.4. The van der Waals surface area contributed by atoms with E-state index in [9.17, 15) is 18.3 Å². The molecular formula is C20H23BClN5O5S. The van der Waals surface area contributed by atoms with Crippen LogP contribution in [0.3, 0.4) is 0 Å². The van der Waals surface area contributed by atoms with Gasteiger partial charge in [-0.05, 0) is 35.2 Å². The molecule has 0 saturated heterocycles. The van der Waals surface area contributed by atoms with E-state index in [1.807, 2.05) is 20.8 Å². The van der Waals surface area contributed by atoms with Crippen molar-refractivity contribution < 1.29 is 22.7 Å². The molecule has 1 aliphatic rings. The van der Waals surface area contributed by atoms with Crippen LogP contribution in [0.2, 0.25) is 5.22 Å². The number of carbonyl (C=O) groups excluding carboxylic acids is 1. The number of aliphatic imine (C=N–C) groups is 1. The van der Waals surface area contributed by atoms with Crippen molar-refractivity contribution in [2.75, 3.05) is 19.4 Å². The third-order valence-electron chi connectivity index (χ3n) is 4.69. The minimum absolute atomic E-state index is 0.0214. The molecule has 33 heavy (non-hydrogen) atoms. The average Bonchev–Trinajstić information content (AvgIpc) is 3.22. The van der Waals surface area contributed by atoms with Crippen molar-refractivity contribution in [3.8, 4) is 5.75 Å². The number of amides is 1. The second kappa shape index (κ2) is 8.75. The lowest BCUT2D eigenvalue weighted by atomic mass is 9.85. The molecule has 3 rings (SSSR count). The number of hydrogen-bond donors (Lipinski definition) is 3. The molecule has 1 aliphatic heterocycles. The van der Waals surface area contributed by atoms with E-state index in [-0.39, 0.29) is 33.6 Å². The maximum Gasteiger partial charge on any atom is 0.345 e. The maximum absolute atomic E-state index is 12.4. The summed E-state index contributed by atoms with van der Waals surface area (Å²) in [7, 11) is 4.80. The first-order chi connectivity index (χ1) is 15.2. The summed E-state index contributed by atoms with van der Waals surface area (Å²) in [6, 6.07) is 5.41. The van der Waals surface area contributed by atoms with Gasteiger partial charge in [0.2, 0.25) is 0 Å². The number of carbonyl (C=O) groups is 1. The SMILES string of the molecule is [B]c1ccc(NC2=NS(=O)(=O)NC2=N[C@@H](c2ccc(Cl)o2)C(C)(C)C)c(O)c1C(=O)N(C)C. The first-order valence-corrected chi connectivity index (χ1v) is 11.6. The molecule has 174 valence electrons. The van der Waals surface area contributed by atoms with E-state index in [1.54, 1.807) is 12.1 Å². The van der Waals surface area contributed by atoms with Crippen molar-refractivity contribution in [2.45, 2.75) is 26.8 Å². The van der Waals surface area contributed by atoms with Gasteiger partial charge in [-0.3, -0.25) is 9.79 Å². The molecule has 3 N–H and O–H groups in total. The average molecular weight is 492 g/mol. The summed E-state index contributed by atoms with van der Waals surface area (Å²) >= 11 is 5.91. The lowest BCUT2D eigenvalue weighted by Gasteiger charge is -2.26. The van der Waals surface area contributed by atoms with E-state index < -0.39 is 33.3 Å². The van der Waals surface area contributed by atoms with Gasteiger partial charge in [0.1, 0.15) is 19.6 Å². The van der Waals surface area contributed by atoms with Crippen molar-refractivity contribution in [2.24, 2.45) is 14.8 Å². The molecule has 0 bridgehead atoms. The Hall–Kier alpha value is -2.99. The minimum atomic E-state index is -4.09. The molecule has 1 atom stereocenters. The lowest BCUT2D eigenvalue weighted by molar-refractivity contribution is 0.0826. The van der Waals surface area contributed by atoms with Gasteiger partial charge in [-0.25, -0.2) is 4.72 Å². The Labute approximate surface area is 198 Å². The largest absolute Gasteiger partial charge is 0.505 e. The van der Waals surface area contributed by atoms with Crippen molar-refractivity contribution in [1.29, 1.82) is 0 Å². The fourth-order valence-electron chi connectivity index (χ4n) is 3.10. The molecule has 2 aromatic rings. The quantitative estimate of drug-likeness (QED) is 0.442. The van der Waals surface area contributed by atoms with Gasteiger partial charge in [-0.2, -0.15) is 8.42 Å². The standard InChI is InChI=1S/C20H23BClN5O5S/c1-20(2,3)16(12-8-9-13(22)32-12)24-18-17(25-33(30,31)26-18)23-11-7-6-10(21)14(15(11)28)19(29)27(4)5/h6-9,16,28H,1-5H3,(H,23,25)(H,24,26)/t16-/m0/s1. The molecule has 0 unspecified atom stereocenters. The molecule has 10 nitrogen and oxygen atoms in total. The number of furan rings is 1. The van der Waals surface area contributed by atoms with Crippen LogP contribution in [-0.2, 0) is 10.2 Å². The first-order valence-electron chi connectivity index (χ1n) is 9.76. The highest BCUT2D eigenvalue weighted by Gasteiger charge is 2.34. The zero-order chi connectivity index (χ0) is 24.7. The number of benzene rings is 1. The van der Waals surface area contributed by atoms with Crippen LogP contribution in [0.25, 0.3) is 0 Å². The number of halogens is 1. The number of aromatic hydroxyl groups is 1. The smallest absolute Gasteiger partial charge is 0.345 e. The topological polar surface area (TPSA) is 137 Å². The molecule has 13 heteroatoms. The predicted octanol–water partition coefficient (Wildman–Crippen LogP) is 1.98. The van der Waals surface area contributed by atoms with Crippen molar-refractivity contribution in [3.63, 3.8) is 0 Å². The molecule has 1 aromatic carbocycles. The first kappa shape index (κ1) is 24.7. The number of phenolic OH excluding ortho intramolecular Hbond substituents is 1. The zero-order valence-corrected chi connectivity index (χ0v) is 20.2. The Morgan fingerprint density at radius 1 is 1.30 bits per heavy atom. The van der Waals surface area contributed by atoms with E-state index >= 15 is 0 Å².